The molecule has 2 rings (SSSR count). The molecular formula is C21H32N2O4. The maximum atomic E-state index is 12.5. The highest BCUT2D eigenvalue weighted by Crippen LogP contribution is 2.23. The predicted octanol–water partition coefficient (Wildman–Crippen LogP) is 2.78. The van der Waals surface area contributed by atoms with Gasteiger partial charge in [0.25, 0.3) is 0 Å². The van der Waals surface area contributed by atoms with Crippen molar-refractivity contribution in [3.63, 3.8) is 0 Å². The molecule has 1 aromatic rings. The van der Waals surface area contributed by atoms with Crippen molar-refractivity contribution in [2.45, 2.75) is 53.0 Å². The lowest BCUT2D eigenvalue weighted by Crippen LogP contribution is -2.48. The fourth-order valence-corrected chi connectivity index (χ4v) is 3.71. The molecule has 0 bridgehead atoms. The lowest BCUT2D eigenvalue weighted by Gasteiger charge is -2.37. The van der Waals surface area contributed by atoms with Gasteiger partial charge in [-0.25, -0.2) is 0 Å². The van der Waals surface area contributed by atoms with Crippen LogP contribution in [-0.2, 0) is 9.59 Å². The average Bonchev–Trinajstić information content (AvgIpc) is 2.63. The lowest BCUT2D eigenvalue weighted by atomic mass is 10.0. The largest absolute Gasteiger partial charge is 0.493 e. The number of carboxylic acids is 1. The van der Waals surface area contributed by atoms with Crippen molar-refractivity contribution in [3.05, 3.63) is 28.8 Å². The van der Waals surface area contributed by atoms with Crippen molar-refractivity contribution >= 4 is 11.9 Å². The fraction of sp³-hybridized carbons (Fsp3) is 0.619. The second-order valence-electron chi connectivity index (χ2n) is 7.37. The smallest absolute Gasteiger partial charge is 0.317 e. The fourth-order valence-electron chi connectivity index (χ4n) is 3.71. The van der Waals surface area contributed by atoms with E-state index in [1.165, 1.54) is 5.56 Å². The highest BCUT2D eigenvalue weighted by atomic mass is 16.5. The highest BCUT2D eigenvalue weighted by Gasteiger charge is 2.27. The number of hydrogen-bond donors (Lipinski definition) is 1. The average molecular weight is 376 g/mol. The van der Waals surface area contributed by atoms with E-state index >= 15 is 0 Å². The maximum absolute atomic E-state index is 12.5. The van der Waals surface area contributed by atoms with Gasteiger partial charge in [-0.1, -0.05) is 13.0 Å². The van der Waals surface area contributed by atoms with E-state index in [2.05, 4.69) is 13.0 Å². The maximum Gasteiger partial charge on any atom is 0.317 e. The summed E-state index contributed by atoms with van der Waals surface area (Å²) in [6, 6.07) is 4.38. The minimum atomic E-state index is -0.797. The first-order valence-electron chi connectivity index (χ1n) is 9.76. The standard InChI is InChI=1S/C21H32N2O4/c1-5-22(14-21(25)26)18-6-9-23(10-7-18)20(24)8-11-27-19-13-15(2)12-16(3)17(19)4/h12-13,18H,5-11,14H2,1-4H3,(H,25,26). The summed E-state index contributed by atoms with van der Waals surface area (Å²) < 4.78 is 5.86. The van der Waals surface area contributed by atoms with Crippen LogP contribution in [0.25, 0.3) is 0 Å². The Hall–Kier alpha value is -2.08. The molecular weight excluding hydrogens is 344 g/mol. The Kier molecular flexibility index (Phi) is 7.66. The van der Waals surface area contributed by atoms with Gasteiger partial charge in [0.15, 0.2) is 0 Å². The summed E-state index contributed by atoms with van der Waals surface area (Å²) in [6.07, 6.45) is 2.01. The van der Waals surface area contributed by atoms with Gasteiger partial charge in [0.1, 0.15) is 5.75 Å². The van der Waals surface area contributed by atoms with Crippen LogP contribution in [0.15, 0.2) is 12.1 Å². The Morgan fingerprint density at radius 2 is 1.89 bits per heavy atom. The Balaban J connectivity index is 1.79. The van der Waals surface area contributed by atoms with E-state index in [0.717, 1.165) is 29.7 Å². The van der Waals surface area contributed by atoms with Crippen LogP contribution in [0.4, 0.5) is 0 Å². The number of aliphatic carboxylic acids is 1. The summed E-state index contributed by atoms with van der Waals surface area (Å²) in [4.78, 5) is 27.3. The molecule has 1 aliphatic heterocycles. The zero-order valence-corrected chi connectivity index (χ0v) is 17.0. The molecule has 1 aromatic carbocycles. The summed E-state index contributed by atoms with van der Waals surface area (Å²) in [6.45, 7) is 10.6. The van der Waals surface area contributed by atoms with Crippen LogP contribution in [0.5, 0.6) is 5.75 Å². The molecule has 1 N–H and O–H groups in total. The van der Waals surface area contributed by atoms with Gasteiger partial charge in [0, 0.05) is 19.1 Å². The lowest BCUT2D eigenvalue weighted by molar-refractivity contribution is -0.140. The molecule has 1 amide bonds. The number of piperidine rings is 1. The Morgan fingerprint density at radius 3 is 2.48 bits per heavy atom. The molecule has 6 heteroatoms. The summed E-state index contributed by atoms with van der Waals surface area (Å²) in [5, 5.41) is 9.01. The number of nitrogens with zero attached hydrogens (tertiary/aromatic N) is 2. The van der Waals surface area contributed by atoms with Gasteiger partial charge >= 0.3 is 5.97 Å². The van der Waals surface area contributed by atoms with E-state index < -0.39 is 5.97 Å². The van der Waals surface area contributed by atoms with E-state index in [-0.39, 0.29) is 18.5 Å². The number of aryl methyl sites for hydroxylation is 2. The number of hydrogen-bond acceptors (Lipinski definition) is 4. The third-order valence-corrected chi connectivity index (χ3v) is 5.42. The molecule has 27 heavy (non-hydrogen) atoms. The van der Waals surface area contributed by atoms with Crippen LogP contribution >= 0.6 is 0 Å². The monoisotopic (exact) mass is 376 g/mol. The summed E-state index contributed by atoms with van der Waals surface area (Å²) in [5.41, 5.74) is 3.47. The molecule has 0 unspecified atom stereocenters. The first-order chi connectivity index (χ1) is 12.8. The molecule has 0 aliphatic carbocycles. The van der Waals surface area contributed by atoms with E-state index in [4.69, 9.17) is 9.84 Å². The van der Waals surface area contributed by atoms with Gasteiger partial charge in [-0.2, -0.15) is 0 Å². The van der Waals surface area contributed by atoms with Gasteiger partial charge in [0.05, 0.1) is 19.6 Å². The van der Waals surface area contributed by atoms with Gasteiger partial charge in [0.2, 0.25) is 5.91 Å². The summed E-state index contributed by atoms with van der Waals surface area (Å²) in [7, 11) is 0. The zero-order valence-electron chi connectivity index (χ0n) is 17.0. The van der Waals surface area contributed by atoms with Crippen molar-refractivity contribution in [2.24, 2.45) is 0 Å². The van der Waals surface area contributed by atoms with E-state index in [1.807, 2.05) is 36.6 Å². The van der Waals surface area contributed by atoms with E-state index in [1.54, 1.807) is 0 Å². The molecule has 0 spiro atoms. The van der Waals surface area contributed by atoms with Crippen LogP contribution in [0.3, 0.4) is 0 Å². The normalized spacial score (nSPS) is 15.2. The molecule has 1 fully saturated rings. The molecule has 6 nitrogen and oxygen atoms in total. The van der Waals surface area contributed by atoms with Crippen molar-refractivity contribution in [1.29, 1.82) is 0 Å². The number of rotatable bonds is 8. The van der Waals surface area contributed by atoms with Gasteiger partial charge in [-0.15, -0.1) is 0 Å². The number of carbonyl (C=O) groups is 2. The SMILES string of the molecule is CCN(CC(=O)O)C1CCN(C(=O)CCOc2cc(C)cc(C)c2C)CC1. The second kappa shape index (κ2) is 9.74. The Labute approximate surface area is 162 Å². The quantitative estimate of drug-likeness (QED) is 0.755. The van der Waals surface area contributed by atoms with Gasteiger partial charge < -0.3 is 14.7 Å². The summed E-state index contributed by atoms with van der Waals surface area (Å²) >= 11 is 0. The molecule has 0 radical (unpaired) electrons. The number of carboxylic acid groups (broad SMARTS) is 1. The van der Waals surface area contributed by atoms with Crippen LogP contribution in [0.2, 0.25) is 0 Å². The number of likely N-dealkylation sites (N-methyl/N-ethyl adjacent to an activating group) is 1. The molecule has 150 valence electrons. The van der Waals surface area contributed by atoms with Crippen molar-refractivity contribution in [1.82, 2.24) is 9.80 Å². The third kappa shape index (κ3) is 5.96. The van der Waals surface area contributed by atoms with Crippen LogP contribution in [-0.4, -0.2) is 65.6 Å². The van der Waals surface area contributed by atoms with Crippen LogP contribution in [0, 0.1) is 20.8 Å². The highest BCUT2D eigenvalue weighted by molar-refractivity contribution is 5.76. The van der Waals surface area contributed by atoms with Crippen molar-refractivity contribution in [3.8, 4) is 5.75 Å². The van der Waals surface area contributed by atoms with Gasteiger partial charge in [-0.3, -0.25) is 14.5 Å². The number of likely N-dealkylation sites (tertiary alicyclic amines) is 1. The molecule has 0 aromatic heterocycles. The van der Waals surface area contributed by atoms with Crippen LogP contribution in [0.1, 0.15) is 42.9 Å². The molecule has 0 atom stereocenters. The van der Waals surface area contributed by atoms with Crippen LogP contribution < -0.4 is 4.74 Å². The predicted molar refractivity (Wildman–Crippen MR) is 105 cm³/mol. The van der Waals surface area contributed by atoms with E-state index in [0.29, 0.717) is 32.7 Å². The second-order valence-corrected chi connectivity index (χ2v) is 7.37. The minimum absolute atomic E-state index is 0.0677. The molecule has 1 saturated heterocycles. The summed E-state index contributed by atoms with van der Waals surface area (Å²) in [5.74, 6) is 0.164. The first-order valence-corrected chi connectivity index (χ1v) is 9.76. The Bertz CT molecular complexity index is 666. The molecule has 1 heterocycles. The topological polar surface area (TPSA) is 70.1 Å². The number of benzene rings is 1. The van der Waals surface area contributed by atoms with Crippen molar-refractivity contribution in [2.75, 3.05) is 32.8 Å². The minimum Gasteiger partial charge on any atom is -0.493 e. The first kappa shape index (κ1) is 21.2. The Morgan fingerprint density at radius 1 is 1.22 bits per heavy atom. The van der Waals surface area contributed by atoms with E-state index in [9.17, 15) is 9.59 Å². The number of ether oxygens (including phenoxy) is 1. The van der Waals surface area contributed by atoms with Gasteiger partial charge in [-0.05, 0) is 62.9 Å². The molecule has 0 saturated carbocycles. The third-order valence-electron chi connectivity index (χ3n) is 5.42. The number of carbonyl (C=O) groups excluding carboxylic acids is 1. The zero-order chi connectivity index (χ0) is 20.0. The number of amides is 1. The van der Waals surface area contributed by atoms with Crippen molar-refractivity contribution < 1.29 is 19.4 Å². The molecule has 1 aliphatic rings.